The summed E-state index contributed by atoms with van der Waals surface area (Å²) < 4.78 is 45.8. The van der Waals surface area contributed by atoms with E-state index in [9.17, 15) is 18.0 Å². The summed E-state index contributed by atoms with van der Waals surface area (Å²) >= 11 is 1.30. The van der Waals surface area contributed by atoms with Gasteiger partial charge in [-0.25, -0.2) is 4.37 Å². The van der Waals surface area contributed by atoms with Gasteiger partial charge in [-0.1, -0.05) is 0 Å². The van der Waals surface area contributed by atoms with Crippen molar-refractivity contribution >= 4 is 11.5 Å². The fraction of sp³-hybridized carbons (Fsp3) is 0.125. The van der Waals surface area contributed by atoms with E-state index in [0.717, 1.165) is 16.7 Å². The molecule has 4 nitrogen and oxygen atoms in total. The normalized spacial score (nSPS) is 11.5. The van der Waals surface area contributed by atoms with Gasteiger partial charge in [0.1, 0.15) is 5.75 Å². The number of aromatic nitrogens is 2. The zero-order valence-electron chi connectivity index (χ0n) is 12.4. The molecule has 0 spiro atoms. The van der Waals surface area contributed by atoms with E-state index in [-0.39, 0.29) is 11.3 Å². The smallest absolute Gasteiger partial charge is 0.406 e. The average Bonchev–Trinajstić information content (AvgIpc) is 3.01. The molecular weight excluding hydrogens is 341 g/mol. The van der Waals surface area contributed by atoms with Gasteiger partial charge >= 0.3 is 6.36 Å². The van der Waals surface area contributed by atoms with Crippen LogP contribution in [0.15, 0.2) is 52.9 Å². The highest BCUT2D eigenvalue weighted by atomic mass is 32.1. The summed E-state index contributed by atoms with van der Waals surface area (Å²) in [6, 6.07) is 6.61. The van der Waals surface area contributed by atoms with Crippen LogP contribution in [0.1, 0.15) is 5.56 Å². The molecule has 0 aliphatic heterocycles. The molecular formula is C16H11F3N2O2S. The summed E-state index contributed by atoms with van der Waals surface area (Å²) in [6.07, 6.45) is -1.40. The summed E-state index contributed by atoms with van der Waals surface area (Å²) in [5.41, 5.74) is 2.68. The zero-order valence-corrected chi connectivity index (χ0v) is 13.2. The fourth-order valence-corrected chi connectivity index (χ4v) is 2.81. The van der Waals surface area contributed by atoms with Crippen LogP contribution in [-0.2, 0) is 0 Å². The van der Waals surface area contributed by atoms with Gasteiger partial charge in [0.25, 0.3) is 5.56 Å². The van der Waals surface area contributed by atoms with Gasteiger partial charge in [0.05, 0.1) is 0 Å². The highest BCUT2D eigenvalue weighted by molar-refractivity contribution is 7.03. The van der Waals surface area contributed by atoms with Crippen LogP contribution in [0.25, 0.3) is 16.8 Å². The van der Waals surface area contributed by atoms with Crippen LogP contribution < -0.4 is 10.3 Å². The molecule has 2 heterocycles. The first kappa shape index (κ1) is 16.3. The van der Waals surface area contributed by atoms with Crippen LogP contribution in [-0.4, -0.2) is 15.3 Å². The van der Waals surface area contributed by atoms with Crippen LogP contribution >= 0.6 is 11.5 Å². The number of hydrogen-bond acceptors (Lipinski definition) is 4. The Morgan fingerprint density at radius 3 is 2.50 bits per heavy atom. The molecule has 0 aliphatic rings. The Kier molecular flexibility index (Phi) is 4.15. The first-order valence-corrected chi connectivity index (χ1v) is 7.66. The van der Waals surface area contributed by atoms with Gasteiger partial charge in [0.15, 0.2) is 0 Å². The quantitative estimate of drug-likeness (QED) is 0.711. The van der Waals surface area contributed by atoms with E-state index >= 15 is 0 Å². The number of ether oxygens (including phenoxy) is 1. The molecule has 2 aromatic heterocycles. The van der Waals surface area contributed by atoms with E-state index < -0.39 is 6.36 Å². The molecule has 0 saturated heterocycles. The van der Waals surface area contributed by atoms with Crippen molar-refractivity contribution in [1.82, 2.24) is 8.94 Å². The van der Waals surface area contributed by atoms with Gasteiger partial charge in [-0.3, -0.25) is 9.36 Å². The Morgan fingerprint density at radius 1 is 1.21 bits per heavy atom. The number of halogens is 3. The summed E-state index contributed by atoms with van der Waals surface area (Å²) in [5, 5.41) is 1.86. The third-order valence-corrected chi connectivity index (χ3v) is 3.94. The van der Waals surface area contributed by atoms with Gasteiger partial charge in [0.2, 0.25) is 0 Å². The molecule has 0 fully saturated rings. The maximum Gasteiger partial charge on any atom is 0.573 e. The third kappa shape index (κ3) is 3.48. The Bertz CT molecular complexity index is 901. The zero-order chi connectivity index (χ0) is 17.3. The van der Waals surface area contributed by atoms with Crippen molar-refractivity contribution in [2.24, 2.45) is 0 Å². The highest BCUT2D eigenvalue weighted by Crippen LogP contribution is 2.26. The number of benzene rings is 1. The van der Waals surface area contributed by atoms with E-state index in [1.54, 1.807) is 12.4 Å². The maximum atomic E-state index is 12.2. The Hall–Kier alpha value is -2.61. The summed E-state index contributed by atoms with van der Waals surface area (Å²) in [7, 11) is 0. The molecule has 0 bridgehead atoms. The molecule has 0 amide bonds. The van der Waals surface area contributed by atoms with E-state index in [2.05, 4.69) is 9.11 Å². The standard InChI is InChI=1S/C16H11F3N2O2S/c1-10-6-15(22)21(8-14(10)11-7-20-24-9-11)12-2-4-13(5-3-12)23-16(17,18)19/h2-9H,1H3. The van der Waals surface area contributed by atoms with Crippen LogP contribution in [0.2, 0.25) is 0 Å². The van der Waals surface area contributed by atoms with Crippen molar-refractivity contribution in [3.8, 4) is 22.6 Å². The van der Waals surface area contributed by atoms with Crippen molar-refractivity contribution in [2.75, 3.05) is 0 Å². The number of hydrogen-bond donors (Lipinski definition) is 0. The largest absolute Gasteiger partial charge is 0.573 e. The molecule has 0 radical (unpaired) electrons. The first-order chi connectivity index (χ1) is 11.3. The van der Waals surface area contributed by atoms with Crippen molar-refractivity contribution in [1.29, 1.82) is 0 Å². The SMILES string of the molecule is Cc1cc(=O)n(-c2ccc(OC(F)(F)F)cc2)cc1-c1cnsc1. The van der Waals surface area contributed by atoms with Crippen LogP contribution in [0.5, 0.6) is 5.75 Å². The number of alkyl halides is 3. The Morgan fingerprint density at radius 2 is 1.92 bits per heavy atom. The molecule has 1 aromatic carbocycles. The predicted molar refractivity (Wildman–Crippen MR) is 84.6 cm³/mol. The minimum Gasteiger partial charge on any atom is -0.406 e. The van der Waals surface area contributed by atoms with Gasteiger partial charge in [-0.2, -0.15) is 0 Å². The van der Waals surface area contributed by atoms with Crippen molar-refractivity contribution in [3.63, 3.8) is 0 Å². The lowest BCUT2D eigenvalue weighted by atomic mass is 10.1. The average molecular weight is 352 g/mol. The molecule has 0 atom stereocenters. The topological polar surface area (TPSA) is 44.1 Å². The molecule has 0 aliphatic carbocycles. The molecule has 0 unspecified atom stereocenters. The van der Waals surface area contributed by atoms with Gasteiger partial charge < -0.3 is 4.74 Å². The van der Waals surface area contributed by atoms with Gasteiger partial charge in [-0.15, -0.1) is 13.2 Å². The predicted octanol–water partition coefficient (Wildman–Crippen LogP) is 4.17. The van der Waals surface area contributed by atoms with Crippen molar-refractivity contribution in [3.05, 3.63) is 64.0 Å². The van der Waals surface area contributed by atoms with Crippen LogP contribution in [0.3, 0.4) is 0 Å². The van der Waals surface area contributed by atoms with E-state index in [1.807, 2.05) is 12.3 Å². The van der Waals surface area contributed by atoms with E-state index in [0.29, 0.717) is 5.69 Å². The summed E-state index contributed by atoms with van der Waals surface area (Å²) in [5.74, 6) is -0.339. The minimum absolute atomic E-state index is 0.274. The lowest BCUT2D eigenvalue weighted by molar-refractivity contribution is -0.274. The molecule has 3 rings (SSSR count). The highest BCUT2D eigenvalue weighted by Gasteiger charge is 2.30. The minimum atomic E-state index is -4.75. The summed E-state index contributed by atoms with van der Waals surface area (Å²) in [6.45, 7) is 1.82. The third-order valence-electron chi connectivity index (χ3n) is 3.35. The lowest BCUT2D eigenvalue weighted by Crippen LogP contribution is -2.18. The summed E-state index contributed by atoms with van der Waals surface area (Å²) in [4.78, 5) is 12.2. The van der Waals surface area contributed by atoms with Gasteiger partial charge in [-0.05, 0) is 48.3 Å². The molecule has 0 saturated carbocycles. The number of aryl methyl sites for hydroxylation is 1. The second-order valence-corrected chi connectivity index (χ2v) is 5.69. The first-order valence-electron chi connectivity index (χ1n) is 6.83. The Labute approximate surface area is 138 Å². The molecule has 3 aromatic rings. The van der Waals surface area contributed by atoms with Crippen LogP contribution in [0, 0.1) is 6.92 Å². The number of rotatable bonds is 3. The Balaban J connectivity index is 2.00. The lowest BCUT2D eigenvalue weighted by Gasteiger charge is -2.12. The maximum absolute atomic E-state index is 12.2. The monoisotopic (exact) mass is 352 g/mol. The molecule has 0 N–H and O–H groups in total. The second kappa shape index (κ2) is 6.12. The van der Waals surface area contributed by atoms with E-state index in [4.69, 9.17) is 0 Å². The number of nitrogens with zero attached hydrogens (tertiary/aromatic N) is 2. The molecule has 124 valence electrons. The van der Waals surface area contributed by atoms with Crippen molar-refractivity contribution < 1.29 is 17.9 Å². The number of pyridine rings is 1. The molecule has 8 heteroatoms. The van der Waals surface area contributed by atoms with Gasteiger partial charge in [0, 0.05) is 40.7 Å². The molecule has 24 heavy (non-hydrogen) atoms. The van der Waals surface area contributed by atoms with Crippen molar-refractivity contribution in [2.45, 2.75) is 13.3 Å². The fourth-order valence-electron chi connectivity index (χ4n) is 2.28. The second-order valence-electron chi connectivity index (χ2n) is 5.03. The van der Waals surface area contributed by atoms with E-state index in [1.165, 1.54) is 46.4 Å². The van der Waals surface area contributed by atoms with Crippen LogP contribution in [0.4, 0.5) is 13.2 Å².